The van der Waals surface area contributed by atoms with Gasteiger partial charge in [0.2, 0.25) is 0 Å². The van der Waals surface area contributed by atoms with Crippen molar-refractivity contribution in [2.24, 2.45) is 0 Å². The minimum Gasteiger partial charge on any atom is -0.377 e. The molecular weight excluding hydrogens is 179 g/mol. The quantitative estimate of drug-likeness (QED) is 0.655. The van der Waals surface area contributed by atoms with Crippen molar-refractivity contribution in [3.63, 3.8) is 0 Å². The summed E-state index contributed by atoms with van der Waals surface area (Å²) in [7, 11) is 0. The molecule has 0 atom stereocenters. The molecule has 1 aromatic carbocycles. The number of unbranched alkanes of at least 4 members (excludes halogenated alkanes) is 1. The summed E-state index contributed by atoms with van der Waals surface area (Å²) in [6.45, 7) is 5.15. The van der Waals surface area contributed by atoms with Crippen LogP contribution >= 0.6 is 0 Å². The lowest BCUT2D eigenvalue weighted by Gasteiger charge is -2.04. The highest BCUT2D eigenvalue weighted by Gasteiger charge is 1.98. The van der Waals surface area contributed by atoms with E-state index in [-0.39, 0.29) is 5.82 Å². The topological polar surface area (TPSA) is 9.23 Å². The molecule has 1 aromatic rings. The van der Waals surface area contributed by atoms with E-state index < -0.39 is 0 Å². The van der Waals surface area contributed by atoms with Crippen LogP contribution in [0.2, 0.25) is 0 Å². The molecule has 0 saturated heterocycles. The van der Waals surface area contributed by atoms with Crippen molar-refractivity contribution in [3.05, 3.63) is 35.1 Å². The first kappa shape index (κ1) is 11.2. The maximum absolute atomic E-state index is 13.1. The van der Waals surface area contributed by atoms with Crippen LogP contribution in [0.5, 0.6) is 0 Å². The van der Waals surface area contributed by atoms with Gasteiger partial charge < -0.3 is 4.74 Å². The summed E-state index contributed by atoms with van der Waals surface area (Å²) in [6, 6.07) is 5.24. The molecule has 0 unspecified atom stereocenters. The van der Waals surface area contributed by atoms with Gasteiger partial charge in [0.25, 0.3) is 0 Å². The summed E-state index contributed by atoms with van der Waals surface area (Å²) in [5, 5.41) is 0. The van der Waals surface area contributed by atoms with Gasteiger partial charge in [0, 0.05) is 6.61 Å². The Bertz CT molecular complexity index is 284. The molecule has 0 aliphatic carbocycles. The smallest absolute Gasteiger partial charge is 0.126 e. The molecule has 0 amide bonds. The van der Waals surface area contributed by atoms with Gasteiger partial charge in [-0.25, -0.2) is 4.39 Å². The van der Waals surface area contributed by atoms with Gasteiger partial charge in [-0.05, 0) is 30.5 Å². The highest BCUT2D eigenvalue weighted by molar-refractivity contribution is 5.22. The molecule has 0 bridgehead atoms. The molecule has 0 fully saturated rings. The molecule has 0 radical (unpaired) electrons. The van der Waals surface area contributed by atoms with Crippen LogP contribution in [0.3, 0.4) is 0 Å². The molecule has 0 N–H and O–H groups in total. The largest absolute Gasteiger partial charge is 0.377 e. The Balaban J connectivity index is 2.39. The number of hydrogen-bond donors (Lipinski definition) is 0. The molecule has 0 saturated carbocycles. The fraction of sp³-hybridized carbons (Fsp3) is 0.500. The van der Waals surface area contributed by atoms with Crippen LogP contribution in [0.1, 0.15) is 30.9 Å². The lowest BCUT2D eigenvalue weighted by atomic mass is 10.1. The molecule has 0 heterocycles. The van der Waals surface area contributed by atoms with Gasteiger partial charge in [0.05, 0.1) is 6.61 Å². The van der Waals surface area contributed by atoms with Gasteiger partial charge in [-0.15, -0.1) is 0 Å². The minimum absolute atomic E-state index is 0.151. The van der Waals surface area contributed by atoms with E-state index in [1.165, 1.54) is 0 Å². The zero-order valence-electron chi connectivity index (χ0n) is 8.85. The first-order valence-corrected chi connectivity index (χ1v) is 5.07. The first-order valence-electron chi connectivity index (χ1n) is 5.07. The van der Waals surface area contributed by atoms with E-state index in [2.05, 4.69) is 6.92 Å². The Labute approximate surface area is 84.9 Å². The number of rotatable bonds is 5. The third kappa shape index (κ3) is 3.46. The van der Waals surface area contributed by atoms with Gasteiger partial charge in [0.15, 0.2) is 0 Å². The van der Waals surface area contributed by atoms with Gasteiger partial charge in [-0.1, -0.05) is 25.5 Å². The lowest BCUT2D eigenvalue weighted by Crippen LogP contribution is -1.96. The molecule has 1 rings (SSSR count). The van der Waals surface area contributed by atoms with Gasteiger partial charge >= 0.3 is 0 Å². The highest BCUT2D eigenvalue weighted by atomic mass is 19.1. The summed E-state index contributed by atoms with van der Waals surface area (Å²) in [5.74, 6) is -0.151. The Hall–Kier alpha value is -0.890. The van der Waals surface area contributed by atoms with Crippen LogP contribution in [0.4, 0.5) is 4.39 Å². The number of halogens is 1. The standard InChI is InChI=1S/C12H17FO/c1-3-4-7-14-9-11-6-5-10(2)12(13)8-11/h5-6,8H,3-4,7,9H2,1-2H3. The third-order valence-corrected chi connectivity index (χ3v) is 2.15. The van der Waals surface area contributed by atoms with Crippen LogP contribution in [0.15, 0.2) is 18.2 Å². The summed E-state index contributed by atoms with van der Waals surface area (Å²) in [4.78, 5) is 0. The summed E-state index contributed by atoms with van der Waals surface area (Å²) < 4.78 is 18.5. The van der Waals surface area contributed by atoms with Gasteiger partial charge in [-0.2, -0.15) is 0 Å². The van der Waals surface area contributed by atoms with E-state index in [9.17, 15) is 4.39 Å². The second-order valence-corrected chi connectivity index (χ2v) is 3.49. The van der Waals surface area contributed by atoms with Crippen LogP contribution < -0.4 is 0 Å². The van der Waals surface area contributed by atoms with Crippen molar-refractivity contribution in [1.29, 1.82) is 0 Å². The molecular formula is C12H17FO. The normalized spacial score (nSPS) is 10.5. The average molecular weight is 196 g/mol. The SMILES string of the molecule is CCCCOCc1ccc(C)c(F)c1. The second kappa shape index (κ2) is 5.76. The fourth-order valence-corrected chi connectivity index (χ4v) is 1.16. The van der Waals surface area contributed by atoms with Crippen molar-refractivity contribution >= 4 is 0 Å². The Morgan fingerprint density at radius 1 is 1.36 bits per heavy atom. The third-order valence-electron chi connectivity index (χ3n) is 2.15. The summed E-state index contributed by atoms with van der Waals surface area (Å²) in [6.07, 6.45) is 2.19. The van der Waals surface area contributed by atoms with Crippen LogP contribution in [0.25, 0.3) is 0 Å². The predicted molar refractivity (Wildman–Crippen MR) is 55.7 cm³/mol. The molecule has 0 aliphatic heterocycles. The van der Waals surface area contributed by atoms with Gasteiger partial charge in [0.1, 0.15) is 5.82 Å². The number of benzene rings is 1. The van der Waals surface area contributed by atoms with Crippen molar-refractivity contribution in [3.8, 4) is 0 Å². The Kier molecular flexibility index (Phi) is 4.60. The predicted octanol–water partition coefficient (Wildman–Crippen LogP) is 3.45. The van der Waals surface area contributed by atoms with Crippen LogP contribution in [-0.2, 0) is 11.3 Å². The number of hydrogen-bond acceptors (Lipinski definition) is 1. The van der Waals surface area contributed by atoms with E-state index in [1.807, 2.05) is 6.07 Å². The Morgan fingerprint density at radius 2 is 2.14 bits per heavy atom. The molecule has 14 heavy (non-hydrogen) atoms. The van der Waals surface area contributed by atoms with E-state index >= 15 is 0 Å². The number of ether oxygens (including phenoxy) is 1. The second-order valence-electron chi connectivity index (χ2n) is 3.49. The van der Waals surface area contributed by atoms with E-state index in [1.54, 1.807) is 19.1 Å². The van der Waals surface area contributed by atoms with Crippen molar-refractivity contribution < 1.29 is 9.13 Å². The molecule has 2 heteroatoms. The zero-order chi connectivity index (χ0) is 10.4. The number of aryl methyl sites for hydroxylation is 1. The minimum atomic E-state index is -0.151. The zero-order valence-corrected chi connectivity index (χ0v) is 8.85. The Morgan fingerprint density at radius 3 is 2.79 bits per heavy atom. The monoisotopic (exact) mass is 196 g/mol. The maximum Gasteiger partial charge on any atom is 0.126 e. The maximum atomic E-state index is 13.1. The average Bonchev–Trinajstić information content (AvgIpc) is 2.18. The van der Waals surface area contributed by atoms with Crippen molar-refractivity contribution in [2.75, 3.05) is 6.61 Å². The molecule has 0 spiro atoms. The van der Waals surface area contributed by atoms with E-state index in [4.69, 9.17) is 4.74 Å². The molecule has 0 aromatic heterocycles. The van der Waals surface area contributed by atoms with Crippen LogP contribution in [0, 0.1) is 12.7 Å². The molecule has 1 nitrogen and oxygen atoms in total. The lowest BCUT2D eigenvalue weighted by molar-refractivity contribution is 0.118. The highest BCUT2D eigenvalue weighted by Crippen LogP contribution is 2.10. The summed E-state index contributed by atoms with van der Waals surface area (Å²) >= 11 is 0. The van der Waals surface area contributed by atoms with E-state index in [0.29, 0.717) is 12.2 Å². The van der Waals surface area contributed by atoms with E-state index in [0.717, 1.165) is 25.0 Å². The van der Waals surface area contributed by atoms with Crippen LogP contribution in [-0.4, -0.2) is 6.61 Å². The molecule has 0 aliphatic rings. The summed E-state index contributed by atoms with van der Waals surface area (Å²) in [5.41, 5.74) is 1.59. The fourth-order valence-electron chi connectivity index (χ4n) is 1.16. The van der Waals surface area contributed by atoms with Crippen molar-refractivity contribution in [2.45, 2.75) is 33.3 Å². The van der Waals surface area contributed by atoms with Crippen molar-refractivity contribution in [1.82, 2.24) is 0 Å². The molecule has 78 valence electrons. The first-order chi connectivity index (χ1) is 6.74. The van der Waals surface area contributed by atoms with Gasteiger partial charge in [-0.3, -0.25) is 0 Å².